The monoisotopic (exact) mass is 372 g/mol. The second-order valence-corrected chi connectivity index (χ2v) is 7.48. The molecule has 4 heteroatoms. The first-order chi connectivity index (χ1) is 12.9. The number of hydrogen-bond donors (Lipinski definition) is 0. The normalized spacial score (nSPS) is 12.3. The first-order valence-electron chi connectivity index (χ1n) is 8.26. The van der Waals surface area contributed by atoms with Crippen LogP contribution in [0.2, 0.25) is 0 Å². The molecule has 0 spiro atoms. The molecule has 0 aliphatic heterocycles. The Kier molecular flexibility index (Phi) is 5.14. The molecular formula is C22H16N2S2. The Morgan fingerprint density at radius 2 is 0.923 bits per heavy atom. The molecule has 0 N–H and O–H groups in total. The molecule has 26 heavy (non-hydrogen) atoms. The van der Waals surface area contributed by atoms with Crippen LogP contribution in [-0.2, 0) is 0 Å². The van der Waals surface area contributed by atoms with Crippen molar-refractivity contribution in [3.63, 3.8) is 0 Å². The van der Waals surface area contributed by atoms with Gasteiger partial charge in [-0.15, -0.1) is 32.9 Å². The molecule has 0 atom stereocenters. The van der Waals surface area contributed by atoms with Crippen molar-refractivity contribution in [2.75, 3.05) is 0 Å². The van der Waals surface area contributed by atoms with Gasteiger partial charge in [0.25, 0.3) is 0 Å². The molecule has 0 unspecified atom stereocenters. The molecule has 0 radical (unpaired) electrons. The highest BCUT2D eigenvalue weighted by atomic mass is 32.1. The molecule has 0 saturated carbocycles. The third kappa shape index (κ3) is 3.72. The van der Waals surface area contributed by atoms with Gasteiger partial charge in [0.1, 0.15) is 11.4 Å². The van der Waals surface area contributed by atoms with Crippen LogP contribution in [0.3, 0.4) is 0 Å². The highest BCUT2D eigenvalue weighted by molar-refractivity contribution is 7.12. The summed E-state index contributed by atoms with van der Waals surface area (Å²) in [4.78, 5) is 2.22. The smallest absolute Gasteiger partial charge is 0.110 e. The molecule has 2 nitrogen and oxygen atoms in total. The van der Waals surface area contributed by atoms with Crippen molar-refractivity contribution in [3.8, 4) is 0 Å². The van der Waals surface area contributed by atoms with Gasteiger partial charge in [-0.2, -0.15) is 0 Å². The molecule has 0 fully saturated rings. The molecule has 0 aliphatic rings. The summed E-state index contributed by atoms with van der Waals surface area (Å²) >= 11 is 3.35. The zero-order valence-corrected chi connectivity index (χ0v) is 15.6. The van der Waals surface area contributed by atoms with Gasteiger partial charge in [0.15, 0.2) is 0 Å². The number of benzene rings is 2. The SMILES string of the molecule is c1ccc(/C(=N/N=C(/c2ccccc2)c2cccs2)c2cccs2)cc1. The number of thiophene rings is 2. The van der Waals surface area contributed by atoms with E-state index in [1.54, 1.807) is 22.7 Å². The minimum Gasteiger partial charge on any atom is -0.148 e. The van der Waals surface area contributed by atoms with Crippen molar-refractivity contribution in [2.45, 2.75) is 0 Å². The predicted molar refractivity (Wildman–Crippen MR) is 113 cm³/mol. The first kappa shape index (κ1) is 16.6. The van der Waals surface area contributed by atoms with E-state index in [2.05, 4.69) is 47.2 Å². The zero-order chi connectivity index (χ0) is 17.6. The molecule has 4 aromatic rings. The lowest BCUT2D eigenvalue weighted by molar-refractivity contribution is 1.23. The van der Waals surface area contributed by atoms with Crippen LogP contribution in [0.1, 0.15) is 20.9 Å². The standard InChI is InChI=1S/C22H16N2S2/c1-3-9-17(10-4-1)21(19-13-7-15-25-19)23-24-22(20-14-8-16-26-20)18-11-5-2-6-12-18/h1-16H/b23-21-,24-22-. The fraction of sp³-hybridized carbons (Fsp3) is 0. The van der Waals surface area contributed by atoms with Gasteiger partial charge in [0, 0.05) is 11.1 Å². The Balaban J connectivity index is 1.84. The van der Waals surface area contributed by atoms with E-state index in [0.717, 1.165) is 32.3 Å². The molecule has 2 aromatic heterocycles. The predicted octanol–water partition coefficient (Wildman–Crippen LogP) is 6.10. The lowest BCUT2D eigenvalue weighted by atomic mass is 10.1. The summed E-state index contributed by atoms with van der Waals surface area (Å²) in [5.74, 6) is 0. The van der Waals surface area contributed by atoms with Gasteiger partial charge in [-0.3, -0.25) is 0 Å². The summed E-state index contributed by atoms with van der Waals surface area (Å²) in [5.41, 5.74) is 3.92. The van der Waals surface area contributed by atoms with Crippen LogP contribution in [0.5, 0.6) is 0 Å². The van der Waals surface area contributed by atoms with Crippen LogP contribution < -0.4 is 0 Å². The lowest BCUT2D eigenvalue weighted by Crippen LogP contribution is -2.03. The molecule has 0 aliphatic carbocycles. The molecule has 4 rings (SSSR count). The molecule has 2 aromatic carbocycles. The van der Waals surface area contributed by atoms with Gasteiger partial charge in [-0.1, -0.05) is 72.8 Å². The highest BCUT2D eigenvalue weighted by Gasteiger charge is 2.11. The maximum atomic E-state index is 4.69. The summed E-state index contributed by atoms with van der Waals surface area (Å²) in [6.45, 7) is 0. The number of hydrogen-bond acceptors (Lipinski definition) is 4. The quantitative estimate of drug-likeness (QED) is 0.299. The van der Waals surface area contributed by atoms with Crippen LogP contribution in [0, 0.1) is 0 Å². The van der Waals surface area contributed by atoms with E-state index < -0.39 is 0 Å². The number of nitrogens with zero attached hydrogens (tertiary/aromatic N) is 2. The third-order valence-corrected chi connectivity index (χ3v) is 5.61. The largest absolute Gasteiger partial charge is 0.148 e. The van der Waals surface area contributed by atoms with E-state index in [-0.39, 0.29) is 0 Å². The van der Waals surface area contributed by atoms with E-state index in [1.807, 2.05) is 48.5 Å². The van der Waals surface area contributed by atoms with E-state index >= 15 is 0 Å². The average Bonchev–Trinajstić information content (AvgIpc) is 3.41. The fourth-order valence-electron chi connectivity index (χ4n) is 2.62. The molecule has 0 amide bonds. The highest BCUT2D eigenvalue weighted by Crippen LogP contribution is 2.19. The molecule has 126 valence electrons. The Hall–Kier alpha value is -2.82. The van der Waals surface area contributed by atoms with E-state index in [0.29, 0.717) is 0 Å². The van der Waals surface area contributed by atoms with Crippen molar-refractivity contribution in [1.82, 2.24) is 0 Å². The molecule has 0 bridgehead atoms. The number of rotatable bonds is 5. The van der Waals surface area contributed by atoms with Crippen LogP contribution in [0.15, 0.2) is 106 Å². The zero-order valence-electron chi connectivity index (χ0n) is 13.9. The Labute approximate surface area is 160 Å². The topological polar surface area (TPSA) is 24.7 Å². The second-order valence-electron chi connectivity index (χ2n) is 5.58. The first-order valence-corrected chi connectivity index (χ1v) is 10.0. The summed E-state index contributed by atoms with van der Waals surface area (Å²) < 4.78 is 0. The van der Waals surface area contributed by atoms with Gasteiger partial charge >= 0.3 is 0 Å². The van der Waals surface area contributed by atoms with Crippen molar-refractivity contribution in [3.05, 3.63) is 117 Å². The Morgan fingerprint density at radius 3 is 1.27 bits per heavy atom. The minimum absolute atomic E-state index is 0.894. The molecule has 2 heterocycles. The van der Waals surface area contributed by atoms with Crippen LogP contribution in [-0.4, -0.2) is 11.4 Å². The van der Waals surface area contributed by atoms with Gasteiger partial charge in [0.05, 0.1) is 9.75 Å². The molecule has 0 saturated heterocycles. The van der Waals surface area contributed by atoms with Gasteiger partial charge in [0.2, 0.25) is 0 Å². The molecular weight excluding hydrogens is 356 g/mol. The summed E-state index contributed by atoms with van der Waals surface area (Å²) in [7, 11) is 0. The summed E-state index contributed by atoms with van der Waals surface area (Å²) in [6.07, 6.45) is 0. The van der Waals surface area contributed by atoms with E-state index in [4.69, 9.17) is 10.2 Å². The second kappa shape index (κ2) is 8.04. The van der Waals surface area contributed by atoms with Gasteiger partial charge in [-0.25, -0.2) is 0 Å². The third-order valence-electron chi connectivity index (χ3n) is 3.85. The van der Waals surface area contributed by atoms with E-state index in [1.165, 1.54) is 0 Å². The summed E-state index contributed by atoms with van der Waals surface area (Å²) in [6, 6.07) is 28.7. The van der Waals surface area contributed by atoms with Crippen molar-refractivity contribution >= 4 is 34.1 Å². The minimum atomic E-state index is 0.894. The van der Waals surface area contributed by atoms with Crippen molar-refractivity contribution < 1.29 is 0 Å². The summed E-state index contributed by atoms with van der Waals surface area (Å²) in [5, 5.41) is 13.5. The van der Waals surface area contributed by atoms with Gasteiger partial charge in [-0.05, 0) is 22.9 Å². The lowest BCUT2D eigenvalue weighted by Gasteiger charge is -2.05. The van der Waals surface area contributed by atoms with Crippen LogP contribution >= 0.6 is 22.7 Å². The van der Waals surface area contributed by atoms with Crippen molar-refractivity contribution in [2.24, 2.45) is 10.2 Å². The van der Waals surface area contributed by atoms with Gasteiger partial charge < -0.3 is 0 Å². The van der Waals surface area contributed by atoms with Crippen LogP contribution in [0.4, 0.5) is 0 Å². The fourth-order valence-corrected chi connectivity index (χ4v) is 4.08. The van der Waals surface area contributed by atoms with E-state index in [9.17, 15) is 0 Å². The Bertz CT molecular complexity index is 915. The Morgan fingerprint density at radius 1 is 0.500 bits per heavy atom. The average molecular weight is 373 g/mol. The maximum absolute atomic E-state index is 4.69. The van der Waals surface area contributed by atoms with Crippen LogP contribution in [0.25, 0.3) is 0 Å². The maximum Gasteiger partial charge on any atom is 0.110 e. The van der Waals surface area contributed by atoms with Crippen molar-refractivity contribution in [1.29, 1.82) is 0 Å².